The maximum absolute atomic E-state index is 13.3. The number of esters is 1. The van der Waals surface area contributed by atoms with Crippen molar-refractivity contribution in [3.05, 3.63) is 35.2 Å². The van der Waals surface area contributed by atoms with Crippen molar-refractivity contribution >= 4 is 17.6 Å². The van der Waals surface area contributed by atoms with E-state index >= 15 is 0 Å². The number of alkyl halides is 3. The lowest BCUT2D eigenvalue weighted by Crippen LogP contribution is -2.36. The van der Waals surface area contributed by atoms with Crippen molar-refractivity contribution < 1.29 is 32.6 Å². The number of carbonyl (C=O) groups is 2. The van der Waals surface area contributed by atoms with Gasteiger partial charge in [-0.25, -0.2) is 14.1 Å². The van der Waals surface area contributed by atoms with E-state index in [-0.39, 0.29) is 18.0 Å². The molecule has 2 aromatic heterocycles. The molecule has 0 spiro atoms. The fourth-order valence-corrected chi connectivity index (χ4v) is 3.32. The Balaban J connectivity index is 2.00. The Bertz CT molecular complexity index is 870. The van der Waals surface area contributed by atoms with Gasteiger partial charge < -0.3 is 14.7 Å². The topological polar surface area (TPSA) is 84.1 Å². The second-order valence-electron chi connectivity index (χ2n) is 6.28. The largest absolute Gasteiger partial charge is 0.465 e. The predicted molar refractivity (Wildman–Crippen MR) is 87.7 cm³/mol. The number of carboxylic acid groups (broad SMARTS) is 1. The van der Waals surface area contributed by atoms with Crippen LogP contribution in [0.1, 0.15) is 47.3 Å². The maximum atomic E-state index is 13.3. The van der Waals surface area contributed by atoms with Gasteiger partial charge in [-0.1, -0.05) is 0 Å². The van der Waals surface area contributed by atoms with E-state index in [1.54, 1.807) is 6.07 Å². The molecule has 3 heterocycles. The number of halogens is 3. The number of piperidine rings is 1. The van der Waals surface area contributed by atoms with Crippen molar-refractivity contribution in [2.45, 2.75) is 31.9 Å². The minimum atomic E-state index is -4.79. The molecule has 27 heavy (non-hydrogen) atoms. The first kappa shape index (κ1) is 19.0. The molecule has 2 aromatic rings. The minimum absolute atomic E-state index is 0.00937. The fraction of sp³-hybridized carbons (Fsp3) is 0.471. The highest BCUT2D eigenvalue weighted by atomic mass is 19.4. The standard InChI is InChI=1S/C17H18F3N3O4/c1-2-27-15(24)13-12-9-11(10-3-6-22(7-4-10)16(25)26)5-8-23(12)21-14(13)17(18,19)20/h5,8-10H,2-4,6-7H2,1H3,(H,25,26). The van der Waals surface area contributed by atoms with E-state index in [0.717, 1.165) is 10.1 Å². The van der Waals surface area contributed by atoms with Gasteiger partial charge >= 0.3 is 18.2 Å². The summed E-state index contributed by atoms with van der Waals surface area (Å²) in [6, 6.07) is 3.16. The second kappa shape index (κ2) is 7.09. The summed E-state index contributed by atoms with van der Waals surface area (Å²) in [5.74, 6) is -1.08. The molecule has 0 aliphatic carbocycles. The fourth-order valence-electron chi connectivity index (χ4n) is 3.32. The van der Waals surface area contributed by atoms with Gasteiger partial charge in [-0.15, -0.1) is 0 Å². The van der Waals surface area contributed by atoms with Crippen molar-refractivity contribution in [3.63, 3.8) is 0 Å². The van der Waals surface area contributed by atoms with Gasteiger partial charge in [0.1, 0.15) is 5.56 Å². The Kier molecular flexibility index (Phi) is 4.99. The zero-order valence-electron chi connectivity index (χ0n) is 14.5. The number of rotatable bonds is 3. The SMILES string of the molecule is CCOC(=O)c1c(C(F)(F)F)nn2ccc(C3CCN(C(=O)O)CC3)cc12. The average Bonchev–Trinajstić information content (AvgIpc) is 3.01. The van der Waals surface area contributed by atoms with Gasteiger partial charge in [-0.3, -0.25) is 0 Å². The van der Waals surface area contributed by atoms with Gasteiger partial charge in [0, 0.05) is 19.3 Å². The third-order valence-corrected chi connectivity index (χ3v) is 4.64. The number of hydrogen-bond acceptors (Lipinski definition) is 4. The van der Waals surface area contributed by atoms with Gasteiger partial charge in [0.25, 0.3) is 0 Å². The Labute approximate surface area is 152 Å². The van der Waals surface area contributed by atoms with Gasteiger partial charge in [0.15, 0.2) is 5.69 Å². The Morgan fingerprint density at radius 1 is 1.33 bits per heavy atom. The molecule has 0 bridgehead atoms. The van der Waals surface area contributed by atoms with Crippen molar-refractivity contribution in [2.75, 3.05) is 19.7 Å². The Morgan fingerprint density at radius 2 is 2.00 bits per heavy atom. The molecule has 3 rings (SSSR count). The molecule has 1 N–H and O–H groups in total. The van der Waals surface area contributed by atoms with Crippen LogP contribution in [0.15, 0.2) is 18.3 Å². The van der Waals surface area contributed by atoms with E-state index in [0.29, 0.717) is 25.9 Å². The smallest absolute Gasteiger partial charge is 0.436 e. The van der Waals surface area contributed by atoms with E-state index in [4.69, 9.17) is 9.84 Å². The molecule has 0 radical (unpaired) electrons. The number of fused-ring (bicyclic) bond motifs is 1. The molecule has 1 saturated heterocycles. The van der Waals surface area contributed by atoms with E-state index in [9.17, 15) is 22.8 Å². The number of pyridine rings is 1. The Morgan fingerprint density at radius 3 is 2.56 bits per heavy atom. The summed E-state index contributed by atoms with van der Waals surface area (Å²) in [6.45, 7) is 2.16. The van der Waals surface area contributed by atoms with Crippen LogP contribution in [0, 0.1) is 0 Å². The molecule has 7 nitrogen and oxygen atoms in total. The molecule has 0 atom stereocenters. The molecule has 10 heteroatoms. The number of nitrogens with zero attached hydrogens (tertiary/aromatic N) is 3. The summed E-state index contributed by atoms with van der Waals surface area (Å²) in [5, 5.41) is 12.5. The zero-order chi connectivity index (χ0) is 19.8. The first-order chi connectivity index (χ1) is 12.7. The normalized spacial score (nSPS) is 15.9. The number of hydrogen-bond donors (Lipinski definition) is 1. The van der Waals surface area contributed by atoms with Crippen LogP contribution < -0.4 is 0 Å². The second-order valence-corrected chi connectivity index (χ2v) is 6.28. The molecular weight excluding hydrogens is 367 g/mol. The molecular formula is C17H18F3N3O4. The van der Waals surface area contributed by atoms with Gasteiger partial charge in [0.05, 0.1) is 12.1 Å². The average molecular weight is 385 g/mol. The molecule has 0 saturated carbocycles. The zero-order valence-corrected chi connectivity index (χ0v) is 14.5. The Hall–Kier alpha value is -2.78. The van der Waals surface area contributed by atoms with Crippen LogP contribution in [0.3, 0.4) is 0 Å². The first-order valence-corrected chi connectivity index (χ1v) is 8.46. The van der Waals surface area contributed by atoms with Gasteiger partial charge in [0.2, 0.25) is 0 Å². The summed E-state index contributed by atoms with van der Waals surface area (Å²) < 4.78 is 45.8. The lowest BCUT2D eigenvalue weighted by molar-refractivity contribution is -0.141. The van der Waals surface area contributed by atoms with E-state index in [1.165, 1.54) is 24.1 Å². The third kappa shape index (κ3) is 3.69. The highest BCUT2D eigenvalue weighted by molar-refractivity contribution is 5.98. The molecule has 1 fully saturated rings. The number of likely N-dealkylation sites (tertiary alicyclic amines) is 1. The van der Waals surface area contributed by atoms with Crippen molar-refractivity contribution in [1.82, 2.24) is 14.5 Å². The van der Waals surface area contributed by atoms with Crippen molar-refractivity contribution in [1.29, 1.82) is 0 Å². The predicted octanol–water partition coefficient (Wildman–Crippen LogP) is 3.39. The highest BCUT2D eigenvalue weighted by Crippen LogP contribution is 2.35. The number of carbonyl (C=O) groups excluding carboxylic acids is 1. The quantitative estimate of drug-likeness (QED) is 0.819. The summed E-state index contributed by atoms with van der Waals surface area (Å²) in [5.41, 5.74) is -1.11. The summed E-state index contributed by atoms with van der Waals surface area (Å²) in [6.07, 6.45) is -3.29. The molecule has 1 aliphatic heterocycles. The van der Waals surface area contributed by atoms with Crippen LogP contribution in [0.2, 0.25) is 0 Å². The van der Waals surface area contributed by atoms with Gasteiger partial charge in [-0.2, -0.15) is 18.3 Å². The van der Waals surface area contributed by atoms with Crippen molar-refractivity contribution in [2.24, 2.45) is 0 Å². The number of amides is 1. The number of aromatic nitrogens is 2. The summed E-state index contributed by atoms with van der Waals surface area (Å²) in [4.78, 5) is 24.5. The lowest BCUT2D eigenvalue weighted by atomic mass is 9.89. The molecule has 1 aliphatic rings. The van der Waals surface area contributed by atoms with E-state index < -0.39 is 29.5 Å². The summed E-state index contributed by atoms with van der Waals surface area (Å²) in [7, 11) is 0. The van der Waals surface area contributed by atoms with Gasteiger partial charge in [-0.05, 0) is 43.4 Å². The lowest BCUT2D eigenvalue weighted by Gasteiger charge is -2.30. The minimum Gasteiger partial charge on any atom is -0.465 e. The van der Waals surface area contributed by atoms with Crippen LogP contribution in [0.4, 0.5) is 18.0 Å². The molecule has 146 valence electrons. The molecule has 0 unspecified atom stereocenters. The van der Waals surface area contributed by atoms with Crippen LogP contribution >= 0.6 is 0 Å². The van der Waals surface area contributed by atoms with Crippen molar-refractivity contribution in [3.8, 4) is 0 Å². The van der Waals surface area contributed by atoms with Crippen LogP contribution in [0.25, 0.3) is 5.52 Å². The van der Waals surface area contributed by atoms with Crippen LogP contribution in [-0.2, 0) is 10.9 Å². The van der Waals surface area contributed by atoms with Crippen LogP contribution in [0.5, 0.6) is 0 Å². The maximum Gasteiger partial charge on any atom is 0.436 e. The summed E-state index contributed by atoms with van der Waals surface area (Å²) >= 11 is 0. The molecule has 0 aromatic carbocycles. The third-order valence-electron chi connectivity index (χ3n) is 4.64. The van der Waals surface area contributed by atoms with Crippen LogP contribution in [-0.4, -0.2) is 51.4 Å². The highest BCUT2D eigenvalue weighted by Gasteiger charge is 2.41. The monoisotopic (exact) mass is 385 g/mol. The number of ether oxygens (including phenoxy) is 1. The first-order valence-electron chi connectivity index (χ1n) is 8.46. The van der Waals surface area contributed by atoms with E-state index in [1.807, 2.05) is 0 Å². The molecule has 1 amide bonds. The van der Waals surface area contributed by atoms with E-state index in [2.05, 4.69) is 5.10 Å².